The van der Waals surface area contributed by atoms with E-state index in [1.54, 1.807) is 12.1 Å². The smallest absolute Gasteiger partial charge is 0.240 e. The van der Waals surface area contributed by atoms with Crippen LogP contribution in [0.4, 0.5) is 4.39 Å². The summed E-state index contributed by atoms with van der Waals surface area (Å²) in [5, 5.41) is 2.91. The average Bonchev–Trinajstić information content (AvgIpc) is 2.48. The van der Waals surface area contributed by atoms with E-state index in [1.807, 2.05) is 19.0 Å². The van der Waals surface area contributed by atoms with Gasteiger partial charge in [0.15, 0.2) is 0 Å². The number of nitrogens with one attached hydrogen (secondary N) is 1. The number of nitrogens with two attached hydrogens (primary N) is 1. The van der Waals surface area contributed by atoms with Crippen LogP contribution in [0.25, 0.3) is 0 Å². The zero-order valence-corrected chi connectivity index (χ0v) is 15.9. The second kappa shape index (κ2) is 10.2. The van der Waals surface area contributed by atoms with Crippen molar-refractivity contribution >= 4 is 30.7 Å². The van der Waals surface area contributed by atoms with E-state index < -0.39 is 5.54 Å². The first kappa shape index (κ1) is 23.1. The average molecular weight is 380 g/mol. The summed E-state index contributed by atoms with van der Waals surface area (Å²) in [5.41, 5.74) is 7.01. The number of carbonyl (C=O) groups is 1. The molecule has 0 bridgehead atoms. The highest BCUT2D eigenvalue weighted by Gasteiger charge is 2.34. The van der Waals surface area contributed by atoms with E-state index in [2.05, 4.69) is 5.32 Å². The number of halogens is 3. The SMILES string of the molecule is CN(C)Cc1cc(CNC(=O)C2(N)CCCCC2)ccc1F.Cl.Cl. The molecular weight excluding hydrogens is 352 g/mol. The van der Waals surface area contributed by atoms with Gasteiger partial charge < -0.3 is 16.0 Å². The molecule has 3 N–H and O–H groups in total. The van der Waals surface area contributed by atoms with Gasteiger partial charge in [0.1, 0.15) is 5.82 Å². The fourth-order valence-electron chi connectivity index (χ4n) is 2.97. The van der Waals surface area contributed by atoms with Crippen LogP contribution in [-0.4, -0.2) is 30.4 Å². The van der Waals surface area contributed by atoms with Gasteiger partial charge in [-0.15, -0.1) is 24.8 Å². The summed E-state index contributed by atoms with van der Waals surface area (Å²) < 4.78 is 13.7. The molecule has 24 heavy (non-hydrogen) atoms. The third-order valence-electron chi connectivity index (χ3n) is 4.25. The molecule has 0 radical (unpaired) electrons. The van der Waals surface area contributed by atoms with E-state index in [0.717, 1.165) is 37.7 Å². The first-order chi connectivity index (χ1) is 10.4. The van der Waals surface area contributed by atoms with Gasteiger partial charge in [-0.25, -0.2) is 4.39 Å². The molecule has 0 aliphatic heterocycles. The van der Waals surface area contributed by atoms with Crippen LogP contribution in [0.1, 0.15) is 43.2 Å². The van der Waals surface area contributed by atoms with E-state index >= 15 is 0 Å². The Morgan fingerprint density at radius 1 is 1.25 bits per heavy atom. The summed E-state index contributed by atoms with van der Waals surface area (Å²) >= 11 is 0. The van der Waals surface area contributed by atoms with Crippen molar-refractivity contribution in [3.63, 3.8) is 0 Å². The van der Waals surface area contributed by atoms with E-state index in [4.69, 9.17) is 5.73 Å². The molecule has 1 aliphatic carbocycles. The van der Waals surface area contributed by atoms with Gasteiger partial charge in [0, 0.05) is 18.7 Å². The zero-order valence-electron chi connectivity index (χ0n) is 14.3. The Morgan fingerprint density at radius 3 is 2.46 bits per heavy atom. The summed E-state index contributed by atoms with van der Waals surface area (Å²) in [6.07, 6.45) is 4.65. The monoisotopic (exact) mass is 379 g/mol. The van der Waals surface area contributed by atoms with Crippen LogP contribution in [0.3, 0.4) is 0 Å². The zero-order chi connectivity index (χ0) is 16.2. The molecule has 0 unspecified atom stereocenters. The molecule has 0 spiro atoms. The lowest BCUT2D eigenvalue weighted by Gasteiger charge is -2.31. The molecular formula is C17H28Cl2FN3O. The van der Waals surface area contributed by atoms with Gasteiger partial charge in [0.05, 0.1) is 5.54 Å². The molecule has 1 aliphatic rings. The predicted octanol–water partition coefficient (Wildman–Crippen LogP) is 3.01. The largest absolute Gasteiger partial charge is 0.350 e. The van der Waals surface area contributed by atoms with Crippen LogP contribution >= 0.6 is 24.8 Å². The molecule has 138 valence electrons. The van der Waals surface area contributed by atoms with E-state index in [1.165, 1.54) is 6.07 Å². The molecule has 0 saturated heterocycles. The molecule has 7 heteroatoms. The van der Waals surface area contributed by atoms with Crippen molar-refractivity contribution in [3.05, 3.63) is 35.1 Å². The molecule has 1 fully saturated rings. The van der Waals surface area contributed by atoms with Crippen molar-refractivity contribution in [1.82, 2.24) is 10.2 Å². The Hall–Kier alpha value is -0.880. The van der Waals surface area contributed by atoms with Crippen molar-refractivity contribution in [2.75, 3.05) is 14.1 Å². The molecule has 0 atom stereocenters. The first-order valence-electron chi connectivity index (χ1n) is 7.90. The number of nitrogens with zero attached hydrogens (tertiary/aromatic N) is 1. The van der Waals surface area contributed by atoms with Gasteiger partial charge in [0.25, 0.3) is 0 Å². The maximum Gasteiger partial charge on any atom is 0.240 e. The van der Waals surface area contributed by atoms with Crippen LogP contribution in [0.5, 0.6) is 0 Å². The van der Waals surface area contributed by atoms with Crippen LogP contribution in [0, 0.1) is 5.82 Å². The second-order valence-electron chi connectivity index (χ2n) is 6.56. The van der Waals surface area contributed by atoms with Crippen molar-refractivity contribution in [2.45, 2.75) is 50.7 Å². The fourth-order valence-corrected chi connectivity index (χ4v) is 2.97. The number of benzene rings is 1. The molecule has 1 amide bonds. The lowest BCUT2D eigenvalue weighted by Crippen LogP contribution is -2.54. The highest BCUT2D eigenvalue weighted by Crippen LogP contribution is 2.26. The van der Waals surface area contributed by atoms with E-state index in [-0.39, 0.29) is 36.5 Å². The van der Waals surface area contributed by atoms with Gasteiger partial charge in [-0.1, -0.05) is 25.3 Å². The highest BCUT2D eigenvalue weighted by molar-refractivity contribution is 5.86. The van der Waals surface area contributed by atoms with Crippen molar-refractivity contribution in [1.29, 1.82) is 0 Å². The standard InChI is InChI=1S/C17H26FN3O.2ClH/c1-21(2)12-14-10-13(6-7-15(14)18)11-20-16(22)17(19)8-4-3-5-9-17;;/h6-7,10H,3-5,8-9,11-12,19H2,1-2H3,(H,20,22);2*1H. The minimum Gasteiger partial charge on any atom is -0.350 e. The predicted molar refractivity (Wildman–Crippen MR) is 100 cm³/mol. The third-order valence-corrected chi connectivity index (χ3v) is 4.25. The van der Waals surface area contributed by atoms with Gasteiger partial charge in [0.2, 0.25) is 5.91 Å². The number of hydrogen-bond donors (Lipinski definition) is 2. The normalized spacial score (nSPS) is 16.0. The fraction of sp³-hybridized carbons (Fsp3) is 0.588. The van der Waals surface area contributed by atoms with Crippen molar-refractivity contribution in [2.24, 2.45) is 5.73 Å². The molecule has 1 aromatic rings. The van der Waals surface area contributed by atoms with Crippen LogP contribution < -0.4 is 11.1 Å². The van der Waals surface area contributed by atoms with E-state index in [0.29, 0.717) is 18.7 Å². The Morgan fingerprint density at radius 2 is 1.88 bits per heavy atom. The molecule has 1 saturated carbocycles. The summed E-state index contributed by atoms with van der Waals surface area (Å²) in [6.45, 7) is 0.924. The second-order valence-corrected chi connectivity index (χ2v) is 6.56. The summed E-state index contributed by atoms with van der Waals surface area (Å²) in [7, 11) is 3.80. The first-order valence-corrected chi connectivity index (χ1v) is 7.90. The summed E-state index contributed by atoms with van der Waals surface area (Å²) in [6, 6.07) is 4.97. The number of rotatable bonds is 5. The number of amides is 1. The minimum absolute atomic E-state index is 0. The van der Waals surface area contributed by atoms with Crippen LogP contribution in [0.15, 0.2) is 18.2 Å². The quantitative estimate of drug-likeness (QED) is 0.826. The van der Waals surface area contributed by atoms with Crippen molar-refractivity contribution < 1.29 is 9.18 Å². The topological polar surface area (TPSA) is 58.4 Å². The minimum atomic E-state index is -0.731. The lowest BCUT2D eigenvalue weighted by molar-refractivity contribution is -0.127. The van der Waals surface area contributed by atoms with Gasteiger partial charge >= 0.3 is 0 Å². The lowest BCUT2D eigenvalue weighted by atomic mass is 9.82. The van der Waals surface area contributed by atoms with Gasteiger partial charge in [-0.2, -0.15) is 0 Å². The molecule has 4 nitrogen and oxygen atoms in total. The maximum atomic E-state index is 13.7. The Labute approximate surface area is 156 Å². The van der Waals surface area contributed by atoms with Gasteiger partial charge in [-0.3, -0.25) is 4.79 Å². The number of carbonyl (C=O) groups excluding carboxylic acids is 1. The molecule has 0 aromatic heterocycles. The number of hydrogen-bond acceptors (Lipinski definition) is 3. The van der Waals surface area contributed by atoms with Gasteiger partial charge in [-0.05, 0) is 44.6 Å². The summed E-state index contributed by atoms with van der Waals surface area (Å²) in [5.74, 6) is -0.308. The Bertz CT molecular complexity index is 535. The Balaban J connectivity index is 0.00000264. The Kier molecular flexibility index (Phi) is 9.81. The van der Waals surface area contributed by atoms with Crippen LogP contribution in [0.2, 0.25) is 0 Å². The molecule has 1 aromatic carbocycles. The molecule has 2 rings (SSSR count). The maximum absolute atomic E-state index is 13.7. The third kappa shape index (κ3) is 6.20. The molecule has 0 heterocycles. The van der Waals surface area contributed by atoms with Crippen molar-refractivity contribution in [3.8, 4) is 0 Å². The highest BCUT2D eigenvalue weighted by atomic mass is 35.5. The van der Waals surface area contributed by atoms with E-state index in [9.17, 15) is 9.18 Å². The van der Waals surface area contributed by atoms with Crippen LogP contribution in [-0.2, 0) is 17.9 Å². The summed E-state index contributed by atoms with van der Waals surface area (Å²) in [4.78, 5) is 14.2.